The predicted octanol–water partition coefficient (Wildman–Crippen LogP) is 0.916. The topological polar surface area (TPSA) is 29.9 Å². The summed E-state index contributed by atoms with van der Waals surface area (Å²) in [5.41, 5.74) is -0.228. The van der Waals surface area contributed by atoms with Crippen LogP contribution in [0.15, 0.2) is 12.4 Å². The Kier molecular flexibility index (Phi) is 1.60. The Morgan fingerprint density at radius 3 is 3.00 bits per heavy atom. The number of aryl methyl sites for hydroxylation is 1. The second kappa shape index (κ2) is 2.58. The van der Waals surface area contributed by atoms with Crippen LogP contribution in [0.5, 0.6) is 0 Å². The molecule has 1 N–H and O–H groups in total. The average Bonchev–Trinajstić information content (AvgIpc) is 2.56. The minimum Gasteiger partial charge on any atom is -0.316 e. The van der Waals surface area contributed by atoms with Crippen molar-refractivity contribution in [2.24, 2.45) is 13.0 Å². The molecule has 82 valence electrons. The summed E-state index contributed by atoms with van der Waals surface area (Å²) in [7, 11) is 1.76. The van der Waals surface area contributed by atoms with Gasteiger partial charge in [0.25, 0.3) is 5.92 Å². The maximum atomic E-state index is 13.8. The van der Waals surface area contributed by atoms with Gasteiger partial charge in [0.05, 0.1) is 17.5 Å². The van der Waals surface area contributed by atoms with Crippen molar-refractivity contribution in [3.63, 3.8) is 0 Å². The Morgan fingerprint density at radius 2 is 2.40 bits per heavy atom. The predicted molar refractivity (Wildman–Crippen MR) is 50.8 cm³/mol. The lowest BCUT2D eigenvalue weighted by Crippen LogP contribution is -2.31. The van der Waals surface area contributed by atoms with E-state index in [1.807, 2.05) is 0 Å². The zero-order chi connectivity index (χ0) is 10.7. The Hall–Kier alpha value is -0.970. The Balaban J connectivity index is 2.03. The third-order valence-electron chi connectivity index (χ3n) is 3.81. The van der Waals surface area contributed by atoms with E-state index in [2.05, 4.69) is 10.4 Å². The lowest BCUT2D eigenvalue weighted by molar-refractivity contribution is 0.0781. The highest BCUT2D eigenvalue weighted by Gasteiger charge is 2.81. The minimum atomic E-state index is -2.56. The van der Waals surface area contributed by atoms with E-state index < -0.39 is 17.3 Å². The Labute approximate surface area is 86.5 Å². The Morgan fingerprint density at radius 1 is 1.60 bits per heavy atom. The van der Waals surface area contributed by atoms with Crippen molar-refractivity contribution < 1.29 is 8.78 Å². The molecule has 2 aliphatic rings. The van der Waals surface area contributed by atoms with Gasteiger partial charge in [-0.05, 0) is 13.0 Å². The standard InChI is InChI=1S/C10H13F2N3/c1-15-6-7(4-14-15)9-2-3-13-5-8(9)10(9,11)12/h4,6,8,13H,2-3,5H2,1H3/t8-,9+/m1/s1. The molecule has 0 amide bonds. The van der Waals surface area contributed by atoms with Crippen LogP contribution in [0.3, 0.4) is 0 Å². The maximum absolute atomic E-state index is 13.8. The fourth-order valence-electron chi connectivity index (χ4n) is 2.90. The second-order valence-corrected chi connectivity index (χ2v) is 4.50. The number of nitrogens with zero attached hydrogens (tertiary/aromatic N) is 2. The molecule has 5 heteroatoms. The molecule has 1 saturated carbocycles. The molecule has 3 rings (SSSR count). The minimum absolute atomic E-state index is 0.419. The van der Waals surface area contributed by atoms with Crippen LogP contribution in [0.2, 0.25) is 0 Å². The summed E-state index contributed by atoms with van der Waals surface area (Å²) in [6.45, 7) is 1.09. The van der Waals surface area contributed by atoms with E-state index in [1.54, 1.807) is 24.1 Å². The highest BCUT2D eigenvalue weighted by Crippen LogP contribution is 2.69. The number of aromatic nitrogens is 2. The van der Waals surface area contributed by atoms with Crippen LogP contribution in [0.1, 0.15) is 12.0 Å². The summed E-state index contributed by atoms with van der Waals surface area (Å²) < 4.78 is 29.1. The second-order valence-electron chi connectivity index (χ2n) is 4.50. The number of alkyl halides is 2. The van der Waals surface area contributed by atoms with E-state index in [-0.39, 0.29) is 0 Å². The lowest BCUT2D eigenvalue weighted by atomic mass is 9.90. The first-order valence-corrected chi connectivity index (χ1v) is 5.17. The van der Waals surface area contributed by atoms with Crippen LogP contribution in [0, 0.1) is 5.92 Å². The van der Waals surface area contributed by atoms with Crippen molar-refractivity contribution in [2.75, 3.05) is 13.1 Å². The zero-order valence-electron chi connectivity index (χ0n) is 8.50. The van der Waals surface area contributed by atoms with Crippen molar-refractivity contribution in [3.8, 4) is 0 Å². The van der Waals surface area contributed by atoms with Gasteiger partial charge >= 0.3 is 0 Å². The largest absolute Gasteiger partial charge is 0.316 e. The van der Waals surface area contributed by atoms with Gasteiger partial charge in [-0.3, -0.25) is 4.68 Å². The molecule has 2 heterocycles. The SMILES string of the molecule is Cn1cc([C@@]23CCNC[C@H]2C3(F)F)cn1. The smallest absolute Gasteiger partial charge is 0.263 e. The van der Waals surface area contributed by atoms with E-state index in [1.165, 1.54) is 0 Å². The first kappa shape index (κ1) is 9.27. The molecule has 1 aliphatic heterocycles. The molecule has 1 aromatic rings. The number of hydrogen-bond donors (Lipinski definition) is 1. The molecule has 0 spiro atoms. The number of halogens is 2. The van der Waals surface area contributed by atoms with Crippen molar-refractivity contribution >= 4 is 0 Å². The third-order valence-corrected chi connectivity index (χ3v) is 3.81. The summed E-state index contributed by atoms with van der Waals surface area (Å²) in [4.78, 5) is 0. The van der Waals surface area contributed by atoms with Crippen LogP contribution in [0.25, 0.3) is 0 Å². The summed E-state index contributed by atoms with van der Waals surface area (Å²) in [5.74, 6) is -3.09. The van der Waals surface area contributed by atoms with Gasteiger partial charge in [-0.25, -0.2) is 8.78 Å². The molecule has 15 heavy (non-hydrogen) atoms. The maximum Gasteiger partial charge on any atom is 0.263 e. The molecule has 2 fully saturated rings. The molecule has 0 aromatic carbocycles. The van der Waals surface area contributed by atoms with Crippen LogP contribution >= 0.6 is 0 Å². The number of piperidine rings is 1. The van der Waals surface area contributed by atoms with Gasteiger partial charge in [-0.2, -0.15) is 5.10 Å². The van der Waals surface area contributed by atoms with Crippen LogP contribution < -0.4 is 5.32 Å². The quantitative estimate of drug-likeness (QED) is 0.751. The molecule has 0 unspecified atom stereocenters. The summed E-state index contributed by atoms with van der Waals surface area (Å²) in [5, 5.41) is 7.02. The molecule has 1 aliphatic carbocycles. The highest BCUT2D eigenvalue weighted by molar-refractivity contribution is 5.40. The summed E-state index contributed by atoms with van der Waals surface area (Å²) in [6.07, 6.45) is 3.81. The summed E-state index contributed by atoms with van der Waals surface area (Å²) in [6, 6.07) is 0. The van der Waals surface area contributed by atoms with Gasteiger partial charge < -0.3 is 5.32 Å². The van der Waals surface area contributed by atoms with Crippen LogP contribution in [-0.2, 0) is 12.5 Å². The third kappa shape index (κ3) is 0.942. The number of fused-ring (bicyclic) bond motifs is 1. The molecule has 1 aromatic heterocycles. The molecule has 3 nitrogen and oxygen atoms in total. The first-order chi connectivity index (χ1) is 7.09. The monoisotopic (exact) mass is 213 g/mol. The summed E-state index contributed by atoms with van der Waals surface area (Å²) >= 11 is 0. The van der Waals surface area contributed by atoms with E-state index in [9.17, 15) is 8.78 Å². The van der Waals surface area contributed by atoms with Gasteiger partial charge in [0.2, 0.25) is 0 Å². The molecular formula is C10H13F2N3. The van der Waals surface area contributed by atoms with Gasteiger partial charge in [0.1, 0.15) is 0 Å². The van der Waals surface area contributed by atoms with Crippen molar-refractivity contribution in [3.05, 3.63) is 18.0 Å². The van der Waals surface area contributed by atoms with Gasteiger partial charge in [-0.15, -0.1) is 0 Å². The van der Waals surface area contributed by atoms with Gasteiger partial charge in [0.15, 0.2) is 0 Å². The van der Waals surface area contributed by atoms with E-state index in [0.29, 0.717) is 25.1 Å². The van der Waals surface area contributed by atoms with Crippen LogP contribution in [0.4, 0.5) is 8.78 Å². The molecular weight excluding hydrogens is 200 g/mol. The lowest BCUT2D eigenvalue weighted by Gasteiger charge is -2.19. The van der Waals surface area contributed by atoms with Crippen molar-refractivity contribution in [1.82, 2.24) is 15.1 Å². The highest BCUT2D eigenvalue weighted by atomic mass is 19.3. The zero-order valence-corrected chi connectivity index (χ0v) is 8.50. The van der Waals surface area contributed by atoms with E-state index in [4.69, 9.17) is 0 Å². The van der Waals surface area contributed by atoms with Gasteiger partial charge in [0, 0.05) is 25.4 Å². The van der Waals surface area contributed by atoms with E-state index in [0.717, 1.165) is 0 Å². The molecule has 2 atom stereocenters. The van der Waals surface area contributed by atoms with Gasteiger partial charge in [-0.1, -0.05) is 0 Å². The number of nitrogens with one attached hydrogen (secondary N) is 1. The van der Waals surface area contributed by atoms with Crippen molar-refractivity contribution in [2.45, 2.75) is 17.8 Å². The van der Waals surface area contributed by atoms with Crippen LogP contribution in [-0.4, -0.2) is 28.8 Å². The van der Waals surface area contributed by atoms with Crippen molar-refractivity contribution in [1.29, 1.82) is 0 Å². The number of hydrogen-bond acceptors (Lipinski definition) is 2. The fraction of sp³-hybridized carbons (Fsp3) is 0.700. The molecule has 1 saturated heterocycles. The first-order valence-electron chi connectivity index (χ1n) is 5.17. The number of rotatable bonds is 1. The molecule has 0 bridgehead atoms. The fourth-order valence-corrected chi connectivity index (χ4v) is 2.90. The Bertz CT molecular complexity index is 401. The molecule has 0 radical (unpaired) electrons. The normalized spacial score (nSPS) is 37.4. The van der Waals surface area contributed by atoms with E-state index >= 15 is 0 Å². The average molecular weight is 213 g/mol.